The lowest BCUT2D eigenvalue weighted by atomic mass is 9.71. The summed E-state index contributed by atoms with van der Waals surface area (Å²) >= 11 is 0. The van der Waals surface area contributed by atoms with Gasteiger partial charge in [-0.05, 0) is 108 Å². The number of carboxylic acid groups (broad SMARTS) is 1. The molecule has 0 aromatic heterocycles. The highest BCUT2D eigenvalue weighted by atomic mass is 16.4. The van der Waals surface area contributed by atoms with E-state index >= 15 is 0 Å². The molecule has 3 saturated heterocycles. The van der Waals surface area contributed by atoms with Crippen molar-refractivity contribution in [3.05, 3.63) is 29.8 Å². The third-order valence-electron chi connectivity index (χ3n) is 15.8. The molecular formula is C52H80N12O12. The lowest BCUT2D eigenvalue weighted by Crippen LogP contribution is -2.73. The van der Waals surface area contributed by atoms with E-state index in [1.807, 2.05) is 0 Å². The third-order valence-corrected chi connectivity index (χ3v) is 15.8. The van der Waals surface area contributed by atoms with Crippen LogP contribution in [0.3, 0.4) is 0 Å². The molecule has 420 valence electrons. The van der Waals surface area contributed by atoms with Gasteiger partial charge in [0.25, 0.3) is 0 Å². The van der Waals surface area contributed by atoms with Crippen LogP contribution in [0.2, 0.25) is 0 Å². The van der Waals surface area contributed by atoms with E-state index in [4.69, 9.17) is 11.5 Å². The zero-order chi connectivity index (χ0) is 55.1. The molecule has 24 heteroatoms. The van der Waals surface area contributed by atoms with E-state index in [1.54, 1.807) is 12.1 Å². The van der Waals surface area contributed by atoms with Crippen LogP contribution in [0.15, 0.2) is 24.3 Å². The van der Waals surface area contributed by atoms with Crippen molar-refractivity contribution < 1.29 is 58.2 Å². The highest BCUT2D eigenvalue weighted by Gasteiger charge is 2.56. The summed E-state index contributed by atoms with van der Waals surface area (Å²) in [6.45, 7) is 4.60. The zero-order valence-electron chi connectivity index (χ0n) is 43.7. The molecule has 2 saturated carbocycles. The van der Waals surface area contributed by atoms with Crippen LogP contribution < -0.4 is 59.3 Å². The van der Waals surface area contributed by atoms with E-state index < -0.39 is 126 Å². The molecule has 13 atom stereocenters. The molecule has 0 bridgehead atoms. The molecule has 0 radical (unpaired) electrons. The van der Waals surface area contributed by atoms with Gasteiger partial charge < -0.3 is 74.4 Å². The van der Waals surface area contributed by atoms with Gasteiger partial charge in [0.2, 0.25) is 53.2 Å². The van der Waals surface area contributed by atoms with Gasteiger partial charge in [-0.15, -0.1) is 0 Å². The first-order valence-corrected chi connectivity index (χ1v) is 27.2. The number of carbonyl (C=O) groups excluding carboxylic acids is 9. The highest BCUT2D eigenvalue weighted by Crippen LogP contribution is 2.41. The Morgan fingerprint density at radius 1 is 0.671 bits per heavy atom. The number of amides is 9. The lowest BCUT2D eigenvalue weighted by Gasteiger charge is -2.55. The van der Waals surface area contributed by atoms with Crippen molar-refractivity contribution in [1.82, 2.24) is 52.8 Å². The number of aromatic hydroxyl groups is 1. The molecule has 15 N–H and O–H groups in total. The fourth-order valence-electron chi connectivity index (χ4n) is 11.6. The standard InChI is InChI=1S/C52H80N12O12/c1-28(45(54)69)57-47(71)33-26-55-23-20-36(33)60-49(73)39(11-4-3-7-22-53)62-46(70)32-9-5-6-10-35(32)59-50(74)40(25-30-14-16-31(66)17-15-30)63-48(72)34-27-56-24-21-37(34)61-51(75)42(18-19-43(67)68)64-41-13-8-12-38(58-29(2)65)44(41)52(64)76/h14-17,28,32-42,44,55-56,66H,3-13,18-27,53H2,1-2H3,(H2,54,69)(H,57,71)(H,58,65)(H,59,74)(H,60,73)(H,61,75)(H,62,70)(H,63,72)(H,67,68)/t28-,32?,33?,34?,35?,36?,37?,38?,39-,40-,41?,42-,44?/m1/s1. The van der Waals surface area contributed by atoms with Crippen molar-refractivity contribution in [2.45, 2.75) is 171 Å². The maximum absolute atomic E-state index is 14.6. The van der Waals surface area contributed by atoms with E-state index in [1.165, 1.54) is 30.9 Å². The summed E-state index contributed by atoms with van der Waals surface area (Å²) in [7, 11) is 0. The number of unbranched alkanes of at least 4 members (excludes halogenated alkanes) is 2. The molecule has 6 rings (SSSR count). The van der Waals surface area contributed by atoms with Gasteiger partial charge in [-0.3, -0.25) is 47.9 Å². The molecule has 9 unspecified atom stereocenters. The Bertz CT molecular complexity index is 2250. The summed E-state index contributed by atoms with van der Waals surface area (Å²) in [5, 5.41) is 46.4. The minimum atomic E-state index is -1.20. The van der Waals surface area contributed by atoms with Crippen LogP contribution in [-0.4, -0.2) is 161 Å². The summed E-state index contributed by atoms with van der Waals surface area (Å²) in [5.74, 6) is -8.55. The summed E-state index contributed by atoms with van der Waals surface area (Å²) in [6, 6.07) is -0.978. The summed E-state index contributed by atoms with van der Waals surface area (Å²) < 4.78 is 0. The van der Waals surface area contributed by atoms with Gasteiger partial charge in [-0.25, -0.2) is 0 Å². The molecule has 5 aliphatic rings. The van der Waals surface area contributed by atoms with Gasteiger partial charge in [0.05, 0.1) is 23.7 Å². The molecule has 0 spiro atoms. The van der Waals surface area contributed by atoms with Crippen LogP contribution in [0, 0.1) is 23.7 Å². The van der Waals surface area contributed by atoms with Crippen LogP contribution in [0.1, 0.15) is 116 Å². The molecule has 5 fully saturated rings. The summed E-state index contributed by atoms with van der Waals surface area (Å²) in [4.78, 5) is 136. The Hall–Kier alpha value is -6.40. The minimum Gasteiger partial charge on any atom is -0.508 e. The van der Waals surface area contributed by atoms with Crippen LogP contribution in [-0.2, 0) is 54.4 Å². The highest BCUT2D eigenvalue weighted by molar-refractivity contribution is 5.95. The molecule has 24 nitrogen and oxygen atoms in total. The Balaban J connectivity index is 1.16. The van der Waals surface area contributed by atoms with Gasteiger partial charge in [0.15, 0.2) is 0 Å². The fraction of sp³-hybridized carbons (Fsp3) is 0.692. The summed E-state index contributed by atoms with van der Waals surface area (Å²) in [5.41, 5.74) is 11.7. The second-order valence-electron chi connectivity index (χ2n) is 21.2. The predicted octanol–water partition coefficient (Wildman–Crippen LogP) is -1.97. The van der Waals surface area contributed by atoms with Gasteiger partial charge in [0, 0.05) is 63.1 Å². The first-order chi connectivity index (χ1) is 36.4. The van der Waals surface area contributed by atoms with Crippen LogP contribution in [0.5, 0.6) is 5.75 Å². The van der Waals surface area contributed by atoms with E-state index in [-0.39, 0.29) is 56.0 Å². The Morgan fingerprint density at radius 3 is 1.86 bits per heavy atom. The maximum atomic E-state index is 14.6. The number of likely N-dealkylation sites (tertiary alicyclic amines) is 1. The lowest BCUT2D eigenvalue weighted by molar-refractivity contribution is -0.172. The van der Waals surface area contributed by atoms with E-state index in [0.717, 1.165) is 0 Å². The number of phenols is 1. The number of hydrogen-bond donors (Lipinski definition) is 13. The SMILES string of the molecule is CC(=O)NC1CCCC2C1C(=O)N2[C@H](CCC(=O)O)C(=O)NC1CCNCC1C(=O)N[C@H](Cc1ccc(O)cc1)C(=O)NC1CCCCC1C(=O)N[C@H](CCCCCN)C(=O)NC1CCNCC1C(=O)N[C@H](C)C(N)=O. The Kier molecular flexibility index (Phi) is 21.8. The average Bonchev–Trinajstić information content (AvgIpc) is 3.43. The monoisotopic (exact) mass is 1060 g/mol. The topological polar surface area (TPSA) is 375 Å². The van der Waals surface area contributed by atoms with Crippen molar-refractivity contribution >= 4 is 59.1 Å². The van der Waals surface area contributed by atoms with E-state index in [0.29, 0.717) is 102 Å². The maximum Gasteiger partial charge on any atom is 0.303 e. The molecule has 9 amide bonds. The van der Waals surface area contributed by atoms with Crippen molar-refractivity contribution in [3.8, 4) is 5.75 Å². The number of nitrogens with zero attached hydrogens (tertiary/aromatic N) is 1. The number of rotatable bonds is 25. The molecule has 3 aliphatic heterocycles. The number of hydrogen-bond acceptors (Lipinski definition) is 14. The Labute approximate surface area is 443 Å². The largest absolute Gasteiger partial charge is 0.508 e. The van der Waals surface area contributed by atoms with Gasteiger partial charge in [0.1, 0.15) is 29.9 Å². The summed E-state index contributed by atoms with van der Waals surface area (Å²) in [6.07, 6.45) is 6.43. The molecule has 3 heterocycles. The number of β-lactam (4-membered cyclic amide) rings is 1. The number of phenolic OH excluding ortho intramolecular Hbond substituents is 1. The number of carbonyl (C=O) groups is 10. The normalized spacial score (nSPS) is 26.8. The number of nitrogens with one attached hydrogen (secondary N) is 9. The molecular weight excluding hydrogens is 985 g/mol. The molecule has 1 aromatic carbocycles. The van der Waals surface area contributed by atoms with Gasteiger partial charge in [-0.1, -0.05) is 37.8 Å². The molecule has 76 heavy (non-hydrogen) atoms. The first-order valence-electron chi connectivity index (χ1n) is 27.2. The number of nitrogens with two attached hydrogens (primary N) is 2. The fourth-order valence-corrected chi connectivity index (χ4v) is 11.6. The molecule has 2 aliphatic carbocycles. The number of benzene rings is 1. The van der Waals surface area contributed by atoms with Crippen molar-refractivity contribution in [3.63, 3.8) is 0 Å². The van der Waals surface area contributed by atoms with Gasteiger partial charge in [-0.2, -0.15) is 0 Å². The van der Waals surface area contributed by atoms with Crippen LogP contribution in [0.4, 0.5) is 0 Å². The average molecular weight is 1070 g/mol. The van der Waals surface area contributed by atoms with Crippen LogP contribution in [0.25, 0.3) is 0 Å². The smallest absolute Gasteiger partial charge is 0.303 e. The quantitative estimate of drug-likeness (QED) is 0.0373. The number of piperidine rings is 2. The van der Waals surface area contributed by atoms with Crippen molar-refractivity contribution in [2.24, 2.45) is 35.1 Å². The minimum absolute atomic E-state index is 0.00730. The van der Waals surface area contributed by atoms with Crippen LogP contribution >= 0.6 is 0 Å². The number of carboxylic acids is 1. The molecule has 1 aromatic rings. The van der Waals surface area contributed by atoms with E-state index in [2.05, 4.69) is 47.9 Å². The van der Waals surface area contributed by atoms with Crippen molar-refractivity contribution in [2.75, 3.05) is 32.7 Å². The number of aliphatic carboxylic acids is 1. The zero-order valence-corrected chi connectivity index (χ0v) is 43.7. The van der Waals surface area contributed by atoms with Crippen molar-refractivity contribution in [1.29, 1.82) is 0 Å². The second-order valence-corrected chi connectivity index (χ2v) is 21.2. The number of fused-ring (bicyclic) bond motifs is 1. The second kappa shape index (κ2) is 28.1. The Morgan fingerprint density at radius 2 is 1.24 bits per heavy atom. The van der Waals surface area contributed by atoms with Gasteiger partial charge >= 0.3 is 5.97 Å². The predicted molar refractivity (Wildman–Crippen MR) is 276 cm³/mol. The first kappa shape index (κ1) is 58.9. The number of primary amides is 1. The van der Waals surface area contributed by atoms with E-state index in [9.17, 15) is 58.2 Å². The third kappa shape index (κ3) is 15.8.